The summed E-state index contributed by atoms with van der Waals surface area (Å²) in [4.78, 5) is 21.8. The van der Waals surface area contributed by atoms with Gasteiger partial charge in [0.2, 0.25) is 11.9 Å². The van der Waals surface area contributed by atoms with Crippen LogP contribution in [0.2, 0.25) is 0 Å². The maximum absolute atomic E-state index is 12.9. The second-order valence-corrected chi connectivity index (χ2v) is 7.39. The maximum Gasteiger partial charge on any atom is 0.433 e. The molecule has 0 unspecified atom stereocenters. The van der Waals surface area contributed by atoms with Crippen molar-refractivity contribution in [2.45, 2.75) is 44.3 Å². The van der Waals surface area contributed by atoms with E-state index in [4.69, 9.17) is 0 Å². The van der Waals surface area contributed by atoms with Crippen molar-refractivity contribution in [1.82, 2.24) is 15.3 Å². The van der Waals surface area contributed by atoms with Gasteiger partial charge in [-0.3, -0.25) is 4.79 Å². The first-order valence-electron chi connectivity index (χ1n) is 8.87. The minimum absolute atomic E-state index is 0.0289. The lowest BCUT2D eigenvalue weighted by molar-refractivity contribution is -0.141. The van der Waals surface area contributed by atoms with Crippen LogP contribution in [0.1, 0.15) is 37.8 Å². The van der Waals surface area contributed by atoms with Crippen LogP contribution in [0.5, 0.6) is 0 Å². The zero-order valence-electron chi connectivity index (χ0n) is 13.8. The van der Waals surface area contributed by atoms with Crippen LogP contribution < -0.4 is 10.2 Å². The summed E-state index contributed by atoms with van der Waals surface area (Å²) in [5.41, 5.74) is -0.928. The van der Waals surface area contributed by atoms with Crippen LogP contribution in [0.25, 0.3) is 0 Å². The molecule has 8 heteroatoms. The minimum atomic E-state index is -4.48. The highest BCUT2D eigenvalue weighted by Gasteiger charge is 2.45. The molecule has 0 radical (unpaired) electrons. The predicted octanol–water partition coefficient (Wildman–Crippen LogP) is 2.63. The molecule has 1 aromatic rings. The number of carbonyl (C=O) groups is 1. The lowest BCUT2D eigenvalue weighted by atomic mass is 9.84. The maximum atomic E-state index is 12.9. The van der Waals surface area contributed by atoms with E-state index in [1.807, 2.05) is 0 Å². The Morgan fingerprint density at radius 2 is 1.96 bits per heavy atom. The largest absolute Gasteiger partial charge is 0.433 e. The Kier molecular flexibility index (Phi) is 4.08. The molecule has 0 aromatic carbocycles. The van der Waals surface area contributed by atoms with Crippen molar-refractivity contribution in [3.63, 3.8) is 0 Å². The first kappa shape index (κ1) is 16.6. The van der Waals surface area contributed by atoms with E-state index in [2.05, 4.69) is 15.3 Å². The Hall–Kier alpha value is -1.86. The van der Waals surface area contributed by atoms with Crippen molar-refractivity contribution < 1.29 is 18.0 Å². The Balaban J connectivity index is 1.49. The molecule has 2 atom stereocenters. The van der Waals surface area contributed by atoms with E-state index in [1.54, 1.807) is 4.90 Å². The molecule has 1 aliphatic heterocycles. The van der Waals surface area contributed by atoms with Crippen molar-refractivity contribution in [1.29, 1.82) is 0 Å². The monoisotopic (exact) mass is 354 g/mol. The molecule has 1 saturated heterocycles. The first-order valence-corrected chi connectivity index (χ1v) is 8.87. The lowest BCUT2D eigenvalue weighted by Gasteiger charge is -2.27. The Labute approximate surface area is 144 Å². The zero-order chi connectivity index (χ0) is 17.6. The molecule has 0 spiro atoms. The van der Waals surface area contributed by atoms with Crippen molar-refractivity contribution in [3.05, 3.63) is 18.0 Å². The molecule has 3 aliphatic rings. The number of amides is 1. The fourth-order valence-corrected chi connectivity index (χ4v) is 3.78. The second kappa shape index (κ2) is 6.14. The molecule has 2 saturated carbocycles. The molecule has 25 heavy (non-hydrogen) atoms. The highest BCUT2D eigenvalue weighted by molar-refractivity contribution is 5.79. The molecule has 1 N–H and O–H groups in total. The van der Waals surface area contributed by atoms with Crippen LogP contribution in [0.15, 0.2) is 12.3 Å². The number of aromatic nitrogens is 2. The van der Waals surface area contributed by atoms with E-state index in [-0.39, 0.29) is 29.7 Å². The summed E-state index contributed by atoms with van der Waals surface area (Å²) in [6.07, 6.45) is 1.89. The third-order valence-corrected chi connectivity index (χ3v) is 5.61. The van der Waals surface area contributed by atoms with E-state index >= 15 is 0 Å². The van der Waals surface area contributed by atoms with Gasteiger partial charge in [-0.15, -0.1) is 0 Å². The van der Waals surface area contributed by atoms with Crippen LogP contribution in [0.4, 0.5) is 19.1 Å². The van der Waals surface area contributed by atoms with Gasteiger partial charge in [-0.2, -0.15) is 13.2 Å². The summed E-state index contributed by atoms with van der Waals surface area (Å²) in [5.74, 6) is 1.11. The van der Waals surface area contributed by atoms with Crippen molar-refractivity contribution in [2.24, 2.45) is 17.8 Å². The zero-order valence-corrected chi connectivity index (χ0v) is 13.8. The number of rotatable bonds is 4. The Morgan fingerprint density at radius 1 is 1.20 bits per heavy atom. The van der Waals surface area contributed by atoms with E-state index in [0.29, 0.717) is 19.0 Å². The third-order valence-electron chi connectivity index (χ3n) is 5.61. The molecule has 0 bridgehead atoms. The van der Waals surface area contributed by atoms with Gasteiger partial charge in [-0.25, -0.2) is 9.97 Å². The summed E-state index contributed by atoms with van der Waals surface area (Å²) in [7, 11) is 0. The fraction of sp³-hybridized carbons (Fsp3) is 0.706. The number of carbonyl (C=O) groups excluding carboxylic acids is 1. The number of nitrogens with one attached hydrogen (secondary N) is 1. The number of anilines is 1. The topological polar surface area (TPSA) is 58.1 Å². The van der Waals surface area contributed by atoms with E-state index < -0.39 is 11.9 Å². The molecule has 5 nitrogen and oxygen atoms in total. The van der Waals surface area contributed by atoms with Gasteiger partial charge in [0.25, 0.3) is 0 Å². The first-order chi connectivity index (χ1) is 11.9. The average molecular weight is 354 g/mol. The van der Waals surface area contributed by atoms with E-state index in [9.17, 15) is 18.0 Å². The van der Waals surface area contributed by atoms with Gasteiger partial charge >= 0.3 is 6.18 Å². The molecule has 2 aliphatic carbocycles. The van der Waals surface area contributed by atoms with Gasteiger partial charge < -0.3 is 10.2 Å². The highest BCUT2D eigenvalue weighted by atomic mass is 19.4. The number of hydrogen-bond donors (Lipinski definition) is 1. The van der Waals surface area contributed by atoms with Crippen LogP contribution in [0, 0.1) is 17.8 Å². The van der Waals surface area contributed by atoms with Gasteiger partial charge in [-0.1, -0.05) is 6.42 Å². The van der Waals surface area contributed by atoms with Crippen LogP contribution in [-0.2, 0) is 11.0 Å². The molecule has 1 amide bonds. The number of alkyl halides is 3. The van der Waals surface area contributed by atoms with Crippen molar-refractivity contribution in [3.8, 4) is 0 Å². The standard InChI is InChI=1S/C17H21F3N4O/c18-17(19,20)14-6-7-21-16(23-14)24-8-12(10-4-5-10)13(9-24)22-15(25)11-2-1-3-11/h6-7,10-13H,1-5,8-9H2,(H,22,25)/t12-,13+/m0/s1. The van der Waals surface area contributed by atoms with Gasteiger partial charge in [0.15, 0.2) is 0 Å². The van der Waals surface area contributed by atoms with Crippen LogP contribution in [0.3, 0.4) is 0 Å². The smallest absolute Gasteiger partial charge is 0.351 e. The van der Waals surface area contributed by atoms with Gasteiger partial charge in [0, 0.05) is 31.1 Å². The summed E-state index contributed by atoms with van der Waals surface area (Å²) in [5, 5.41) is 3.14. The summed E-state index contributed by atoms with van der Waals surface area (Å²) < 4.78 is 38.7. The SMILES string of the molecule is O=C(N[C@@H]1CN(c2nccc(C(F)(F)F)n2)C[C@H]1C1CC1)C1CCC1. The summed E-state index contributed by atoms with van der Waals surface area (Å²) in [6, 6.07) is 0.854. The number of nitrogens with zero attached hydrogens (tertiary/aromatic N) is 3. The molecular formula is C17H21F3N4O. The molecule has 136 valence electrons. The van der Waals surface area contributed by atoms with E-state index in [0.717, 1.165) is 44.4 Å². The van der Waals surface area contributed by atoms with Gasteiger partial charge in [0.05, 0.1) is 6.04 Å². The van der Waals surface area contributed by atoms with E-state index in [1.165, 1.54) is 0 Å². The Bertz CT molecular complexity index is 658. The number of hydrogen-bond acceptors (Lipinski definition) is 4. The quantitative estimate of drug-likeness (QED) is 0.903. The molecule has 4 rings (SSSR count). The fourth-order valence-electron chi connectivity index (χ4n) is 3.78. The Morgan fingerprint density at radius 3 is 2.56 bits per heavy atom. The molecular weight excluding hydrogens is 333 g/mol. The van der Waals surface area contributed by atoms with Crippen LogP contribution in [-0.4, -0.2) is 35.0 Å². The highest BCUT2D eigenvalue weighted by Crippen LogP contribution is 2.42. The predicted molar refractivity (Wildman–Crippen MR) is 84.7 cm³/mol. The molecule has 1 aromatic heterocycles. The third kappa shape index (κ3) is 3.43. The minimum Gasteiger partial charge on any atom is -0.351 e. The van der Waals surface area contributed by atoms with Crippen LogP contribution >= 0.6 is 0 Å². The number of halogens is 3. The van der Waals surface area contributed by atoms with Gasteiger partial charge in [-0.05, 0) is 37.7 Å². The normalized spacial score (nSPS) is 27.2. The van der Waals surface area contributed by atoms with Gasteiger partial charge in [0.1, 0.15) is 5.69 Å². The molecule has 3 fully saturated rings. The lowest BCUT2D eigenvalue weighted by Crippen LogP contribution is -2.45. The summed E-state index contributed by atoms with van der Waals surface area (Å²) >= 11 is 0. The van der Waals surface area contributed by atoms with Crippen molar-refractivity contribution in [2.75, 3.05) is 18.0 Å². The average Bonchev–Trinajstić information content (AvgIpc) is 3.26. The van der Waals surface area contributed by atoms with Crippen molar-refractivity contribution >= 4 is 11.9 Å². The second-order valence-electron chi connectivity index (χ2n) is 7.39. The summed E-state index contributed by atoms with van der Waals surface area (Å²) in [6.45, 7) is 1.07. The molecule has 2 heterocycles.